The van der Waals surface area contributed by atoms with Gasteiger partial charge in [0.15, 0.2) is 0 Å². The second-order valence-electron chi connectivity index (χ2n) is 1.66. The number of methoxy groups -OCH3 is 1. The molecule has 1 aromatic rings. The summed E-state index contributed by atoms with van der Waals surface area (Å²) in [6, 6.07) is 7.23. The van der Waals surface area contributed by atoms with Gasteiger partial charge in [-0.2, -0.15) is 0 Å². The molecule has 3 heteroatoms. The first-order valence-corrected chi connectivity index (χ1v) is 3.00. The molecule has 0 spiro atoms. The Hall–Kier alpha value is -0.625. The molecule has 10 heavy (non-hydrogen) atoms. The number of hydrogen-bond acceptors (Lipinski definition) is 1. The molecular formula is C7H10BClO. The highest BCUT2D eigenvalue weighted by molar-refractivity contribution is 6.30. The predicted octanol–water partition coefficient (Wildman–Crippen LogP) is 1.16. The van der Waals surface area contributed by atoms with Crippen LogP contribution in [-0.4, -0.2) is 15.5 Å². The monoisotopic (exact) mass is 156 g/mol. The van der Waals surface area contributed by atoms with E-state index in [1.165, 1.54) is 0 Å². The van der Waals surface area contributed by atoms with Gasteiger partial charge in [-0.3, -0.25) is 0 Å². The summed E-state index contributed by atoms with van der Waals surface area (Å²) in [7, 11) is 1.63. The number of rotatable bonds is 1. The summed E-state index contributed by atoms with van der Waals surface area (Å²) in [6.45, 7) is 0. The van der Waals surface area contributed by atoms with Gasteiger partial charge in [0.25, 0.3) is 0 Å². The van der Waals surface area contributed by atoms with Crippen molar-refractivity contribution in [3.8, 4) is 5.75 Å². The molecule has 0 unspecified atom stereocenters. The van der Waals surface area contributed by atoms with Crippen molar-refractivity contribution >= 4 is 20.0 Å². The minimum Gasteiger partial charge on any atom is -0.497 e. The summed E-state index contributed by atoms with van der Waals surface area (Å²) in [5.74, 6) is 0.833. The standard InChI is InChI=1S/C7H7ClO.BH3/c1-9-7-4-2-6(8)3-5-7;/h2-5H,1H3;1H3. The summed E-state index contributed by atoms with van der Waals surface area (Å²) in [5.41, 5.74) is 0. The van der Waals surface area contributed by atoms with Crippen LogP contribution in [0.1, 0.15) is 0 Å². The van der Waals surface area contributed by atoms with Crippen molar-refractivity contribution < 1.29 is 4.74 Å². The molecule has 1 nitrogen and oxygen atoms in total. The molecule has 0 amide bonds. The lowest BCUT2D eigenvalue weighted by Gasteiger charge is -1.96. The Morgan fingerprint density at radius 3 is 2.10 bits per heavy atom. The molecule has 0 aromatic heterocycles. The smallest absolute Gasteiger partial charge is 0.118 e. The molecule has 1 aromatic carbocycles. The molecule has 0 aliphatic carbocycles. The van der Waals surface area contributed by atoms with Crippen molar-refractivity contribution in [3.05, 3.63) is 29.3 Å². The van der Waals surface area contributed by atoms with E-state index < -0.39 is 0 Å². The number of benzene rings is 1. The van der Waals surface area contributed by atoms with E-state index in [0.29, 0.717) is 0 Å². The van der Waals surface area contributed by atoms with Gasteiger partial charge in [0.1, 0.15) is 5.75 Å². The largest absolute Gasteiger partial charge is 0.497 e. The summed E-state index contributed by atoms with van der Waals surface area (Å²) < 4.78 is 4.91. The highest BCUT2D eigenvalue weighted by Crippen LogP contribution is 2.14. The molecule has 0 radical (unpaired) electrons. The van der Waals surface area contributed by atoms with Crippen LogP contribution >= 0.6 is 11.6 Å². The summed E-state index contributed by atoms with van der Waals surface area (Å²) in [6.07, 6.45) is 0. The van der Waals surface area contributed by atoms with Gasteiger partial charge in [0.05, 0.1) is 15.5 Å². The van der Waals surface area contributed by atoms with Crippen molar-refractivity contribution in [3.63, 3.8) is 0 Å². The molecule has 0 N–H and O–H groups in total. The highest BCUT2D eigenvalue weighted by Gasteiger charge is 1.87. The van der Waals surface area contributed by atoms with E-state index >= 15 is 0 Å². The topological polar surface area (TPSA) is 9.23 Å². The molecule has 0 aliphatic heterocycles. The van der Waals surface area contributed by atoms with Crippen molar-refractivity contribution in [2.24, 2.45) is 0 Å². The van der Waals surface area contributed by atoms with E-state index in [4.69, 9.17) is 16.3 Å². The molecule has 0 saturated carbocycles. The summed E-state index contributed by atoms with van der Waals surface area (Å²) in [5, 5.41) is 0.732. The third kappa shape index (κ3) is 2.32. The van der Waals surface area contributed by atoms with Crippen molar-refractivity contribution in [1.82, 2.24) is 0 Å². The molecule has 54 valence electrons. The second kappa shape index (κ2) is 4.23. The third-order valence-electron chi connectivity index (χ3n) is 1.05. The fourth-order valence-electron chi connectivity index (χ4n) is 0.571. The van der Waals surface area contributed by atoms with E-state index in [0.717, 1.165) is 10.8 Å². The first kappa shape index (κ1) is 9.37. The molecule has 0 atom stereocenters. The van der Waals surface area contributed by atoms with Gasteiger partial charge in [-0.15, -0.1) is 0 Å². The molecule has 0 bridgehead atoms. The SMILES string of the molecule is B.COc1ccc(Cl)cc1. The fourth-order valence-corrected chi connectivity index (χ4v) is 0.697. The normalized spacial score (nSPS) is 8.20. The zero-order valence-corrected chi connectivity index (χ0v) is 5.85. The van der Waals surface area contributed by atoms with E-state index in [1.807, 2.05) is 12.1 Å². The lowest BCUT2D eigenvalue weighted by Crippen LogP contribution is -1.79. The average molecular weight is 156 g/mol. The first-order valence-electron chi connectivity index (χ1n) is 2.62. The Kier molecular flexibility index (Phi) is 3.97. The van der Waals surface area contributed by atoms with Gasteiger partial charge in [-0.25, -0.2) is 0 Å². The maximum atomic E-state index is 5.61. The van der Waals surface area contributed by atoms with E-state index in [1.54, 1.807) is 19.2 Å². The second-order valence-corrected chi connectivity index (χ2v) is 2.09. The van der Waals surface area contributed by atoms with Crippen LogP contribution in [0.2, 0.25) is 5.02 Å². The Balaban J connectivity index is 0.000000810. The number of halogens is 1. The van der Waals surface area contributed by atoms with Crippen LogP contribution in [0.25, 0.3) is 0 Å². The zero-order valence-electron chi connectivity index (χ0n) is 5.10. The minimum atomic E-state index is 0. The Morgan fingerprint density at radius 2 is 1.70 bits per heavy atom. The number of hydrogen-bond donors (Lipinski definition) is 0. The quantitative estimate of drug-likeness (QED) is 0.555. The van der Waals surface area contributed by atoms with Gasteiger partial charge in [0, 0.05) is 5.02 Å². The van der Waals surface area contributed by atoms with Crippen LogP contribution in [0.4, 0.5) is 0 Å². The van der Waals surface area contributed by atoms with Gasteiger partial charge in [-0.1, -0.05) is 11.6 Å². The minimum absolute atomic E-state index is 0. The van der Waals surface area contributed by atoms with Gasteiger partial charge < -0.3 is 4.74 Å². The Labute approximate surface area is 67.5 Å². The average Bonchev–Trinajstić information content (AvgIpc) is 1.90. The van der Waals surface area contributed by atoms with Crippen LogP contribution in [0.3, 0.4) is 0 Å². The van der Waals surface area contributed by atoms with Crippen molar-refractivity contribution in [2.75, 3.05) is 7.11 Å². The van der Waals surface area contributed by atoms with Gasteiger partial charge in [-0.05, 0) is 24.3 Å². The zero-order chi connectivity index (χ0) is 6.69. The van der Waals surface area contributed by atoms with E-state index in [-0.39, 0.29) is 8.41 Å². The first-order chi connectivity index (χ1) is 4.33. The Morgan fingerprint density at radius 1 is 1.20 bits per heavy atom. The molecule has 1 rings (SSSR count). The molecule has 0 fully saturated rings. The maximum absolute atomic E-state index is 5.61. The van der Waals surface area contributed by atoms with Gasteiger partial charge in [0.2, 0.25) is 0 Å². The van der Waals surface area contributed by atoms with E-state index in [2.05, 4.69) is 0 Å². The highest BCUT2D eigenvalue weighted by atomic mass is 35.5. The van der Waals surface area contributed by atoms with Gasteiger partial charge >= 0.3 is 0 Å². The number of ether oxygens (including phenoxy) is 1. The van der Waals surface area contributed by atoms with Crippen LogP contribution in [0.15, 0.2) is 24.3 Å². The third-order valence-corrected chi connectivity index (χ3v) is 1.30. The lowest BCUT2D eigenvalue weighted by molar-refractivity contribution is 0.415. The van der Waals surface area contributed by atoms with Crippen LogP contribution in [-0.2, 0) is 0 Å². The van der Waals surface area contributed by atoms with E-state index in [9.17, 15) is 0 Å². The fraction of sp³-hybridized carbons (Fsp3) is 0.143. The van der Waals surface area contributed by atoms with Crippen LogP contribution in [0, 0.1) is 0 Å². The van der Waals surface area contributed by atoms with Crippen LogP contribution in [0.5, 0.6) is 5.75 Å². The van der Waals surface area contributed by atoms with Crippen LogP contribution < -0.4 is 4.74 Å². The summed E-state index contributed by atoms with van der Waals surface area (Å²) in [4.78, 5) is 0. The summed E-state index contributed by atoms with van der Waals surface area (Å²) >= 11 is 5.61. The predicted molar refractivity (Wildman–Crippen MR) is 47.9 cm³/mol. The lowest BCUT2D eigenvalue weighted by atomic mass is 10.3. The molecule has 0 saturated heterocycles. The molecule has 0 aliphatic rings. The van der Waals surface area contributed by atoms with Crippen molar-refractivity contribution in [2.45, 2.75) is 0 Å². The molecule has 0 heterocycles. The molecular weight excluding hydrogens is 146 g/mol. The van der Waals surface area contributed by atoms with Crippen molar-refractivity contribution in [1.29, 1.82) is 0 Å². The maximum Gasteiger partial charge on any atom is 0.118 e. The Bertz CT molecular complexity index is 185.